The van der Waals surface area contributed by atoms with Crippen LogP contribution in [0.4, 0.5) is 0 Å². The minimum Gasteiger partial charge on any atom is -0.393 e. The Morgan fingerprint density at radius 1 is 1.18 bits per heavy atom. The van der Waals surface area contributed by atoms with Gasteiger partial charge in [0, 0.05) is 18.6 Å². The molecule has 0 spiro atoms. The van der Waals surface area contributed by atoms with Gasteiger partial charge in [0.15, 0.2) is 0 Å². The quantitative estimate of drug-likeness (QED) is 0.769. The van der Waals surface area contributed by atoms with Gasteiger partial charge in [-0.15, -0.1) is 0 Å². The molecule has 2 fully saturated rings. The monoisotopic (exact) mass is 239 g/mol. The van der Waals surface area contributed by atoms with E-state index in [1.165, 1.54) is 45.1 Å². The highest BCUT2D eigenvalue weighted by Gasteiger charge is 2.40. The molecule has 2 aliphatic heterocycles. The fraction of sp³-hybridized carbons (Fsp3) is 1.00. The molecule has 2 rings (SSSR count). The molecule has 0 aromatic rings. The first kappa shape index (κ1) is 13.4. The topological polar surface area (TPSA) is 23.5 Å². The summed E-state index contributed by atoms with van der Waals surface area (Å²) in [5, 5.41) is 9.81. The van der Waals surface area contributed by atoms with E-state index in [9.17, 15) is 5.11 Å². The van der Waals surface area contributed by atoms with Gasteiger partial charge in [-0.1, -0.05) is 33.1 Å². The Labute approximate surface area is 106 Å². The van der Waals surface area contributed by atoms with Crippen molar-refractivity contribution in [2.75, 3.05) is 6.54 Å². The van der Waals surface area contributed by atoms with E-state index < -0.39 is 0 Å². The van der Waals surface area contributed by atoms with Crippen molar-refractivity contribution in [1.29, 1.82) is 0 Å². The maximum atomic E-state index is 9.81. The summed E-state index contributed by atoms with van der Waals surface area (Å²) in [6.07, 6.45) is 10.1. The van der Waals surface area contributed by atoms with Gasteiger partial charge in [0.25, 0.3) is 0 Å². The minimum absolute atomic E-state index is 0.0144. The van der Waals surface area contributed by atoms with Crippen molar-refractivity contribution in [3.63, 3.8) is 0 Å². The highest BCUT2D eigenvalue weighted by molar-refractivity contribution is 4.95. The molecule has 2 aliphatic rings. The molecule has 1 N–H and O–H groups in total. The summed E-state index contributed by atoms with van der Waals surface area (Å²) in [5.74, 6) is 0.883. The molecule has 17 heavy (non-hydrogen) atoms. The SMILES string of the molecule is CCCCC(CC)CN1C2CCC1CC(O)C2. The molecule has 3 atom stereocenters. The zero-order chi connectivity index (χ0) is 12.3. The Hall–Kier alpha value is -0.0800. The average molecular weight is 239 g/mol. The van der Waals surface area contributed by atoms with Gasteiger partial charge in [0.05, 0.1) is 6.10 Å². The van der Waals surface area contributed by atoms with Gasteiger partial charge in [-0.05, 0) is 38.0 Å². The Kier molecular flexibility index (Phi) is 4.87. The fourth-order valence-electron chi connectivity index (χ4n) is 3.76. The summed E-state index contributed by atoms with van der Waals surface area (Å²) in [4.78, 5) is 2.73. The number of aliphatic hydroxyl groups is 1. The van der Waals surface area contributed by atoms with E-state index in [0.29, 0.717) is 12.1 Å². The average Bonchev–Trinajstić information content (AvgIpc) is 2.56. The number of hydrogen-bond acceptors (Lipinski definition) is 2. The molecule has 0 amide bonds. The lowest BCUT2D eigenvalue weighted by atomic mass is 9.94. The minimum atomic E-state index is -0.0144. The molecule has 3 unspecified atom stereocenters. The molecule has 2 saturated heterocycles. The summed E-state index contributed by atoms with van der Waals surface area (Å²) < 4.78 is 0. The van der Waals surface area contributed by atoms with E-state index in [2.05, 4.69) is 18.7 Å². The standard InChI is InChI=1S/C15H29NO/c1-3-5-6-12(4-2)11-16-13-7-8-14(16)10-15(17)9-13/h12-15,17H,3-11H2,1-2H3. The van der Waals surface area contributed by atoms with Crippen LogP contribution in [0.5, 0.6) is 0 Å². The second kappa shape index (κ2) is 6.19. The molecule has 0 aromatic heterocycles. The summed E-state index contributed by atoms with van der Waals surface area (Å²) in [7, 11) is 0. The zero-order valence-electron chi connectivity index (χ0n) is 11.6. The number of fused-ring (bicyclic) bond motifs is 2. The zero-order valence-corrected chi connectivity index (χ0v) is 11.6. The first-order valence-corrected chi connectivity index (χ1v) is 7.68. The smallest absolute Gasteiger partial charge is 0.0570 e. The predicted molar refractivity (Wildman–Crippen MR) is 72.1 cm³/mol. The fourth-order valence-corrected chi connectivity index (χ4v) is 3.76. The molecule has 2 heterocycles. The summed E-state index contributed by atoms with van der Waals surface area (Å²) in [6, 6.07) is 1.39. The van der Waals surface area contributed by atoms with Crippen LogP contribution in [0.3, 0.4) is 0 Å². The van der Waals surface area contributed by atoms with Gasteiger partial charge in [-0.3, -0.25) is 4.90 Å². The van der Waals surface area contributed by atoms with E-state index in [4.69, 9.17) is 0 Å². The van der Waals surface area contributed by atoms with Crippen LogP contribution >= 0.6 is 0 Å². The first-order valence-electron chi connectivity index (χ1n) is 7.68. The number of piperidine rings is 1. The number of nitrogens with zero attached hydrogens (tertiary/aromatic N) is 1. The molecule has 0 aromatic carbocycles. The third-order valence-electron chi connectivity index (χ3n) is 4.87. The normalized spacial score (nSPS) is 35.1. The first-order chi connectivity index (χ1) is 8.24. The van der Waals surface area contributed by atoms with E-state index in [-0.39, 0.29) is 6.10 Å². The van der Waals surface area contributed by atoms with Crippen LogP contribution in [0.2, 0.25) is 0 Å². The van der Waals surface area contributed by atoms with Gasteiger partial charge >= 0.3 is 0 Å². The lowest BCUT2D eigenvalue weighted by Gasteiger charge is -2.39. The predicted octanol–water partition coefficient (Wildman–Crippen LogP) is 3.19. The van der Waals surface area contributed by atoms with Crippen molar-refractivity contribution in [2.45, 2.75) is 83.4 Å². The number of hydrogen-bond donors (Lipinski definition) is 1. The molecule has 0 aliphatic carbocycles. The lowest BCUT2D eigenvalue weighted by Crippen LogP contribution is -2.46. The van der Waals surface area contributed by atoms with Crippen molar-refractivity contribution >= 4 is 0 Å². The van der Waals surface area contributed by atoms with E-state index >= 15 is 0 Å². The highest BCUT2D eigenvalue weighted by atomic mass is 16.3. The Morgan fingerprint density at radius 3 is 2.35 bits per heavy atom. The van der Waals surface area contributed by atoms with Gasteiger partial charge in [0.2, 0.25) is 0 Å². The third-order valence-corrected chi connectivity index (χ3v) is 4.87. The maximum absolute atomic E-state index is 9.81. The van der Waals surface area contributed by atoms with Crippen LogP contribution in [0.1, 0.15) is 65.2 Å². The molecule has 0 saturated carbocycles. The number of rotatable bonds is 6. The van der Waals surface area contributed by atoms with Crippen LogP contribution in [0, 0.1) is 5.92 Å². The van der Waals surface area contributed by atoms with E-state index in [0.717, 1.165) is 18.8 Å². The lowest BCUT2D eigenvalue weighted by molar-refractivity contribution is 0.0256. The van der Waals surface area contributed by atoms with Crippen LogP contribution < -0.4 is 0 Å². The second-order valence-electron chi connectivity index (χ2n) is 6.12. The highest BCUT2D eigenvalue weighted by Crippen LogP contribution is 2.36. The second-order valence-corrected chi connectivity index (χ2v) is 6.12. The summed E-state index contributed by atoms with van der Waals surface area (Å²) >= 11 is 0. The number of unbranched alkanes of at least 4 members (excludes halogenated alkanes) is 1. The van der Waals surface area contributed by atoms with Crippen molar-refractivity contribution in [3.05, 3.63) is 0 Å². The largest absolute Gasteiger partial charge is 0.393 e. The third kappa shape index (κ3) is 3.23. The molecular formula is C15H29NO. The number of aliphatic hydroxyl groups excluding tert-OH is 1. The van der Waals surface area contributed by atoms with Crippen molar-refractivity contribution in [3.8, 4) is 0 Å². The van der Waals surface area contributed by atoms with Crippen molar-refractivity contribution in [1.82, 2.24) is 4.90 Å². The van der Waals surface area contributed by atoms with Crippen molar-refractivity contribution in [2.24, 2.45) is 5.92 Å². The van der Waals surface area contributed by atoms with Crippen LogP contribution in [-0.4, -0.2) is 34.7 Å². The summed E-state index contributed by atoms with van der Waals surface area (Å²) in [5.41, 5.74) is 0. The Balaban J connectivity index is 1.85. The molecular weight excluding hydrogens is 210 g/mol. The Bertz CT molecular complexity index is 217. The molecule has 2 bridgehead atoms. The van der Waals surface area contributed by atoms with E-state index in [1.807, 2.05) is 0 Å². The van der Waals surface area contributed by atoms with Gasteiger partial charge in [-0.2, -0.15) is 0 Å². The van der Waals surface area contributed by atoms with Gasteiger partial charge in [0.1, 0.15) is 0 Å². The Morgan fingerprint density at radius 2 is 1.82 bits per heavy atom. The summed E-state index contributed by atoms with van der Waals surface area (Å²) in [6.45, 7) is 5.91. The van der Waals surface area contributed by atoms with Crippen LogP contribution in [-0.2, 0) is 0 Å². The van der Waals surface area contributed by atoms with Crippen molar-refractivity contribution < 1.29 is 5.11 Å². The molecule has 2 heteroatoms. The van der Waals surface area contributed by atoms with E-state index in [1.54, 1.807) is 0 Å². The van der Waals surface area contributed by atoms with Gasteiger partial charge < -0.3 is 5.11 Å². The molecule has 0 radical (unpaired) electrons. The van der Waals surface area contributed by atoms with Crippen LogP contribution in [0.25, 0.3) is 0 Å². The van der Waals surface area contributed by atoms with Gasteiger partial charge in [-0.25, -0.2) is 0 Å². The molecule has 2 nitrogen and oxygen atoms in total. The molecule has 100 valence electrons. The maximum Gasteiger partial charge on any atom is 0.0570 e. The van der Waals surface area contributed by atoms with Crippen LogP contribution in [0.15, 0.2) is 0 Å².